The number of furan rings is 1. The maximum absolute atomic E-state index is 6.26. The first kappa shape index (κ1) is 51.0. The first-order valence-electron chi connectivity index (χ1n) is 30.0. The smallest absolute Gasteiger partial charge is 0.161 e. The number of hydrogen-bond donors (Lipinski definition) is 0. The largest absolute Gasteiger partial charge is 0.456 e. The molecule has 8 aromatic heterocycles. The number of hydrogen-bond acceptors (Lipinski definition) is 8. The lowest BCUT2D eigenvalue weighted by Gasteiger charge is -2.10. The third-order valence-corrected chi connectivity index (χ3v) is 21.0. The minimum absolute atomic E-state index is 0.730. The summed E-state index contributed by atoms with van der Waals surface area (Å²) in [5, 5.41) is 14.6. The van der Waals surface area contributed by atoms with Crippen LogP contribution in [0.15, 0.2) is 283 Å². The van der Waals surface area contributed by atoms with Gasteiger partial charge in [-0.05, 0) is 109 Å². The van der Waals surface area contributed by atoms with Crippen molar-refractivity contribution < 1.29 is 4.42 Å². The van der Waals surface area contributed by atoms with Gasteiger partial charge in [0.2, 0.25) is 0 Å². The van der Waals surface area contributed by atoms with Gasteiger partial charge in [0.15, 0.2) is 11.6 Å². The van der Waals surface area contributed by atoms with E-state index < -0.39 is 0 Å². The van der Waals surface area contributed by atoms with E-state index in [1.165, 1.54) is 72.9 Å². The highest BCUT2D eigenvalue weighted by atomic mass is 32.1. The van der Waals surface area contributed by atoms with Gasteiger partial charge in [-0.15, -0.1) is 34.0 Å². The maximum Gasteiger partial charge on any atom is 0.161 e. The summed E-state index contributed by atoms with van der Waals surface area (Å²) in [5.74, 6) is 1.47. The summed E-state index contributed by atoms with van der Waals surface area (Å²) in [6.07, 6.45) is 0. The molecule has 0 N–H and O–H groups in total. The second-order valence-corrected chi connectivity index (χ2v) is 25.9. The molecule has 0 unspecified atom stereocenters. The van der Waals surface area contributed by atoms with Gasteiger partial charge in [0, 0.05) is 117 Å². The van der Waals surface area contributed by atoms with Gasteiger partial charge >= 0.3 is 0 Å². The molecule has 20 rings (SSSR count). The van der Waals surface area contributed by atoms with Crippen molar-refractivity contribution >= 4 is 160 Å². The normalized spacial score (nSPS) is 12.0. The van der Waals surface area contributed by atoms with Crippen molar-refractivity contribution in [1.82, 2.24) is 29.1 Å². The number of para-hydroxylation sites is 3. The molecule has 12 aromatic carbocycles. The molecule has 0 radical (unpaired) electrons. The molecule has 0 amide bonds. The summed E-state index contributed by atoms with van der Waals surface area (Å²) in [6.45, 7) is 0. The molecule has 90 heavy (non-hydrogen) atoms. The van der Waals surface area contributed by atoms with Gasteiger partial charge in [0.05, 0.1) is 33.5 Å². The van der Waals surface area contributed by atoms with Crippen LogP contribution in [0.5, 0.6) is 0 Å². The Morgan fingerprint density at radius 1 is 0.244 bits per heavy atom. The summed E-state index contributed by atoms with van der Waals surface area (Å²) >= 11 is 5.32. The summed E-state index contributed by atoms with van der Waals surface area (Å²) in [7, 11) is 0. The number of aromatic nitrogens is 6. The van der Waals surface area contributed by atoms with Crippen molar-refractivity contribution in [3.63, 3.8) is 0 Å². The lowest BCUT2D eigenvalue weighted by atomic mass is 10.1. The number of benzene rings is 12. The van der Waals surface area contributed by atoms with Crippen LogP contribution in [0.1, 0.15) is 0 Å². The Morgan fingerprint density at radius 3 is 1.18 bits per heavy atom. The highest BCUT2D eigenvalue weighted by molar-refractivity contribution is 7.26. The molecule has 0 aliphatic carbocycles. The second kappa shape index (κ2) is 20.2. The van der Waals surface area contributed by atoms with Crippen LogP contribution in [0.3, 0.4) is 0 Å². The van der Waals surface area contributed by atoms with Crippen LogP contribution in [-0.2, 0) is 0 Å². The molecule has 20 aromatic rings. The van der Waals surface area contributed by atoms with E-state index in [9.17, 15) is 0 Å². The number of fused-ring (bicyclic) bond motifs is 20. The van der Waals surface area contributed by atoms with E-state index in [2.05, 4.69) is 264 Å². The van der Waals surface area contributed by atoms with Crippen molar-refractivity contribution in [2.75, 3.05) is 0 Å². The Balaban J connectivity index is 0.000000130. The molecule has 0 atom stereocenters. The Morgan fingerprint density at radius 2 is 0.656 bits per heavy atom. The Bertz CT molecular complexity index is 5890. The van der Waals surface area contributed by atoms with Gasteiger partial charge in [-0.2, -0.15) is 0 Å². The minimum atomic E-state index is 0.730. The number of thiophene rings is 3. The SMILES string of the molecule is c1ccc(-c2nc(-c3ccc(-n4c5ccccc5c5c6c(ccc54)oc4ccccc46)cc3)nc3sc4ccccc4c23)cc1.c1ccc(-c2nc(-c3ccc(-n4c5ccccc5c5c6c(ccc54)sc4ccccc46)cc3)nc3sc4ccccc4c23)cc1. The first-order valence-corrected chi connectivity index (χ1v) is 32.5. The predicted molar refractivity (Wildman–Crippen MR) is 380 cm³/mol. The Hall–Kier alpha value is -11.1. The fourth-order valence-electron chi connectivity index (χ4n) is 13.7. The molecule has 0 saturated carbocycles. The predicted octanol–water partition coefficient (Wildman–Crippen LogP) is 22.8. The molecule has 7 nitrogen and oxygen atoms in total. The van der Waals surface area contributed by atoms with Gasteiger partial charge in [0.25, 0.3) is 0 Å². The zero-order valence-corrected chi connectivity index (χ0v) is 50.3. The average Bonchev–Trinajstić information content (AvgIpc) is 1.59. The third kappa shape index (κ3) is 7.88. The lowest BCUT2D eigenvalue weighted by molar-refractivity contribution is 0.669. The zero-order chi connectivity index (χ0) is 59.0. The maximum atomic E-state index is 6.26. The molecule has 0 fully saturated rings. The van der Waals surface area contributed by atoms with Crippen molar-refractivity contribution in [2.24, 2.45) is 0 Å². The monoisotopic (exact) mass is 1200 g/mol. The van der Waals surface area contributed by atoms with E-state index in [1.807, 2.05) is 35.6 Å². The Kier molecular flexibility index (Phi) is 11.4. The van der Waals surface area contributed by atoms with Crippen LogP contribution in [0.2, 0.25) is 0 Å². The van der Waals surface area contributed by atoms with Crippen LogP contribution in [0.4, 0.5) is 0 Å². The summed E-state index contributed by atoms with van der Waals surface area (Å²) < 4.78 is 16.1. The average molecular weight is 1200 g/mol. The van der Waals surface area contributed by atoms with Crippen LogP contribution in [0, 0.1) is 0 Å². The minimum Gasteiger partial charge on any atom is -0.456 e. The summed E-state index contributed by atoms with van der Waals surface area (Å²) in [5.41, 5.74) is 14.9. The topological polar surface area (TPSA) is 74.6 Å². The molecule has 8 heterocycles. The fourth-order valence-corrected chi connectivity index (χ4v) is 17.0. The highest BCUT2D eigenvalue weighted by Gasteiger charge is 2.23. The molecule has 0 aliphatic heterocycles. The second-order valence-electron chi connectivity index (χ2n) is 22.7. The van der Waals surface area contributed by atoms with Crippen molar-refractivity contribution in [3.8, 4) is 56.7 Å². The van der Waals surface area contributed by atoms with E-state index in [0.29, 0.717) is 0 Å². The zero-order valence-electron chi connectivity index (χ0n) is 47.9. The molecule has 0 saturated heterocycles. The molecule has 10 heteroatoms. The number of rotatable bonds is 6. The van der Waals surface area contributed by atoms with Crippen LogP contribution in [0.25, 0.3) is 183 Å². The van der Waals surface area contributed by atoms with Crippen LogP contribution < -0.4 is 0 Å². The third-order valence-electron chi connectivity index (χ3n) is 17.7. The summed E-state index contributed by atoms with van der Waals surface area (Å²) in [6, 6.07) is 98.6. The van der Waals surface area contributed by atoms with E-state index in [4.69, 9.17) is 24.4 Å². The fraction of sp³-hybridized carbons (Fsp3) is 0. The van der Waals surface area contributed by atoms with Gasteiger partial charge in [0.1, 0.15) is 20.8 Å². The molecule has 0 bridgehead atoms. The van der Waals surface area contributed by atoms with Gasteiger partial charge in [-0.1, -0.05) is 170 Å². The molecular weight excluding hydrogens is 1160 g/mol. The first-order chi connectivity index (χ1) is 44.6. The summed E-state index contributed by atoms with van der Waals surface area (Å²) in [4.78, 5) is 22.6. The standard InChI is InChI=1S/C40H23N3OS.C40H23N3S2/c1-2-10-24(11-3-1)38-37-29-14-6-9-17-34(29)45-40(37)42-39(41-38)25-18-20-26(21-19-25)43-30-15-7-4-12-27(30)35-31(43)22-23-33-36(35)28-13-5-8-16-32(28)44-33;1-2-10-24(11-3-1)38-37-29-14-6-9-17-33(29)45-40(37)42-39(41-38)25-18-20-26(21-19-25)43-30-15-7-4-12-27(30)35-31(43)22-23-34-36(35)28-13-5-8-16-32(28)44-34/h2*1-23H. The van der Waals surface area contributed by atoms with E-state index >= 15 is 0 Å². The van der Waals surface area contributed by atoms with E-state index in [0.717, 1.165) is 110 Å². The molecule has 420 valence electrons. The number of nitrogens with zero attached hydrogens (tertiary/aromatic N) is 6. The van der Waals surface area contributed by atoms with Crippen LogP contribution in [-0.4, -0.2) is 29.1 Å². The van der Waals surface area contributed by atoms with Crippen LogP contribution >= 0.6 is 34.0 Å². The van der Waals surface area contributed by atoms with Crippen molar-refractivity contribution in [2.45, 2.75) is 0 Å². The Labute approximate surface area is 525 Å². The van der Waals surface area contributed by atoms with Gasteiger partial charge in [-0.25, -0.2) is 19.9 Å². The van der Waals surface area contributed by atoms with Gasteiger partial charge in [-0.3, -0.25) is 0 Å². The van der Waals surface area contributed by atoms with E-state index in [-0.39, 0.29) is 0 Å². The lowest BCUT2D eigenvalue weighted by Crippen LogP contribution is -1.96. The van der Waals surface area contributed by atoms with Crippen molar-refractivity contribution in [3.05, 3.63) is 279 Å². The van der Waals surface area contributed by atoms with Gasteiger partial charge < -0.3 is 13.6 Å². The molecule has 0 spiro atoms. The molecular formula is C80H46N6OS3. The highest BCUT2D eigenvalue weighted by Crippen LogP contribution is 2.46. The quantitative estimate of drug-likeness (QED) is 0.166. The van der Waals surface area contributed by atoms with E-state index in [1.54, 1.807) is 22.7 Å². The van der Waals surface area contributed by atoms with Crippen molar-refractivity contribution in [1.29, 1.82) is 0 Å². The molecule has 0 aliphatic rings.